The number of aromatic nitrogens is 1. The van der Waals surface area contributed by atoms with Gasteiger partial charge in [-0.25, -0.2) is 0 Å². The third kappa shape index (κ3) is 2.28. The molecule has 0 saturated carbocycles. The van der Waals surface area contributed by atoms with Gasteiger partial charge in [-0.2, -0.15) is 4.73 Å². The van der Waals surface area contributed by atoms with Crippen LogP contribution in [0.4, 0.5) is 0 Å². The quantitative estimate of drug-likeness (QED) is 0.554. The minimum absolute atomic E-state index is 0.656. The summed E-state index contributed by atoms with van der Waals surface area (Å²) in [6, 6.07) is 15.4. The standard InChI is InChI=1S/C14H13NO/c1-12-6-5-9-14(15(12)16)11-10-13-7-3-2-4-8-13/h2-11H,1H3/b11-10+. The summed E-state index contributed by atoms with van der Waals surface area (Å²) in [5.74, 6) is 0. The Bertz CT molecular complexity index is 503. The molecular formula is C14H13NO. The predicted molar refractivity (Wildman–Crippen MR) is 65.5 cm³/mol. The monoisotopic (exact) mass is 211 g/mol. The number of hydrogen-bond acceptors (Lipinski definition) is 1. The molecule has 0 aliphatic carbocycles. The van der Waals surface area contributed by atoms with Gasteiger partial charge in [0.2, 0.25) is 5.69 Å². The summed E-state index contributed by atoms with van der Waals surface area (Å²) < 4.78 is 0.930. The summed E-state index contributed by atoms with van der Waals surface area (Å²) in [6.45, 7) is 1.80. The van der Waals surface area contributed by atoms with E-state index >= 15 is 0 Å². The number of hydrogen-bond donors (Lipinski definition) is 0. The molecule has 16 heavy (non-hydrogen) atoms. The Kier molecular flexibility index (Phi) is 3.01. The average Bonchev–Trinajstić information content (AvgIpc) is 2.32. The van der Waals surface area contributed by atoms with Crippen molar-refractivity contribution in [1.82, 2.24) is 0 Å². The molecule has 0 radical (unpaired) electrons. The van der Waals surface area contributed by atoms with Gasteiger partial charge in [-0.1, -0.05) is 30.3 Å². The maximum absolute atomic E-state index is 11.7. The maximum Gasteiger partial charge on any atom is 0.216 e. The maximum atomic E-state index is 11.7. The van der Waals surface area contributed by atoms with E-state index in [1.165, 1.54) is 0 Å². The Balaban J connectivity index is 2.28. The van der Waals surface area contributed by atoms with E-state index in [1.54, 1.807) is 19.1 Å². The van der Waals surface area contributed by atoms with Crippen molar-refractivity contribution in [3.8, 4) is 0 Å². The van der Waals surface area contributed by atoms with Gasteiger partial charge in [-0.05, 0) is 17.7 Å². The zero-order valence-electron chi connectivity index (χ0n) is 9.13. The first-order chi connectivity index (χ1) is 7.77. The molecule has 2 rings (SSSR count). The van der Waals surface area contributed by atoms with Crippen LogP contribution in [0.2, 0.25) is 0 Å². The van der Waals surface area contributed by atoms with Gasteiger partial charge in [0.05, 0.1) is 0 Å². The van der Waals surface area contributed by atoms with E-state index in [0.717, 1.165) is 10.3 Å². The molecule has 1 heterocycles. The Hall–Kier alpha value is -2.09. The average molecular weight is 211 g/mol. The van der Waals surface area contributed by atoms with Crippen LogP contribution >= 0.6 is 0 Å². The first kappa shape index (κ1) is 10.4. The van der Waals surface area contributed by atoms with Crippen molar-refractivity contribution < 1.29 is 4.73 Å². The molecule has 1 aromatic heterocycles. The van der Waals surface area contributed by atoms with Crippen molar-refractivity contribution in [2.24, 2.45) is 0 Å². The van der Waals surface area contributed by atoms with Crippen LogP contribution in [0.5, 0.6) is 0 Å². The van der Waals surface area contributed by atoms with Crippen LogP contribution in [0.1, 0.15) is 17.0 Å². The zero-order chi connectivity index (χ0) is 11.4. The van der Waals surface area contributed by atoms with E-state index in [2.05, 4.69) is 0 Å². The fraction of sp³-hybridized carbons (Fsp3) is 0.0714. The number of nitrogens with zero attached hydrogens (tertiary/aromatic N) is 1. The molecule has 0 atom stereocenters. The molecule has 0 fully saturated rings. The molecule has 0 unspecified atom stereocenters. The molecule has 0 bridgehead atoms. The minimum atomic E-state index is 0.656. The number of rotatable bonds is 2. The first-order valence-corrected chi connectivity index (χ1v) is 5.20. The minimum Gasteiger partial charge on any atom is -0.618 e. The zero-order valence-corrected chi connectivity index (χ0v) is 9.13. The molecule has 2 heteroatoms. The summed E-state index contributed by atoms with van der Waals surface area (Å²) in [5.41, 5.74) is 2.45. The normalized spacial score (nSPS) is 10.8. The van der Waals surface area contributed by atoms with Crippen molar-refractivity contribution in [3.63, 3.8) is 0 Å². The second kappa shape index (κ2) is 4.62. The van der Waals surface area contributed by atoms with Gasteiger partial charge in [-0.3, -0.25) is 0 Å². The second-order valence-corrected chi connectivity index (χ2v) is 3.63. The van der Waals surface area contributed by atoms with Crippen LogP contribution in [0, 0.1) is 12.1 Å². The fourth-order valence-corrected chi connectivity index (χ4v) is 1.49. The van der Waals surface area contributed by atoms with E-state index in [4.69, 9.17) is 0 Å². The van der Waals surface area contributed by atoms with Crippen LogP contribution in [0.25, 0.3) is 12.2 Å². The van der Waals surface area contributed by atoms with Crippen LogP contribution in [0.3, 0.4) is 0 Å². The molecular weight excluding hydrogens is 198 g/mol. The number of aryl methyl sites for hydroxylation is 1. The van der Waals surface area contributed by atoms with Gasteiger partial charge in [0.25, 0.3) is 0 Å². The Morgan fingerprint density at radius 3 is 2.44 bits per heavy atom. The van der Waals surface area contributed by atoms with E-state index in [1.807, 2.05) is 48.6 Å². The Morgan fingerprint density at radius 2 is 1.69 bits per heavy atom. The molecule has 0 aliphatic rings. The highest BCUT2D eigenvalue weighted by Gasteiger charge is 2.02. The molecule has 1 aromatic carbocycles. The lowest BCUT2D eigenvalue weighted by Gasteiger charge is -2.02. The smallest absolute Gasteiger partial charge is 0.216 e. The largest absolute Gasteiger partial charge is 0.618 e. The molecule has 0 saturated heterocycles. The van der Waals surface area contributed by atoms with Crippen LogP contribution < -0.4 is 4.73 Å². The van der Waals surface area contributed by atoms with Crippen molar-refractivity contribution >= 4 is 12.2 Å². The molecule has 0 aliphatic heterocycles. The molecule has 0 spiro atoms. The lowest BCUT2D eigenvalue weighted by molar-refractivity contribution is -0.614. The van der Waals surface area contributed by atoms with E-state index in [0.29, 0.717) is 11.4 Å². The molecule has 0 N–H and O–H groups in total. The highest BCUT2D eigenvalue weighted by atomic mass is 16.5. The topological polar surface area (TPSA) is 26.9 Å². The van der Waals surface area contributed by atoms with Gasteiger partial charge >= 0.3 is 0 Å². The fourth-order valence-electron chi connectivity index (χ4n) is 1.49. The van der Waals surface area contributed by atoms with Gasteiger partial charge < -0.3 is 5.21 Å². The SMILES string of the molecule is Cc1cccc(/C=C/c2ccccc2)[n+]1[O-]. The second-order valence-electron chi connectivity index (χ2n) is 3.63. The summed E-state index contributed by atoms with van der Waals surface area (Å²) in [4.78, 5) is 0. The Labute approximate surface area is 95.1 Å². The van der Waals surface area contributed by atoms with Gasteiger partial charge in [-0.15, -0.1) is 0 Å². The summed E-state index contributed by atoms with van der Waals surface area (Å²) in [6.07, 6.45) is 3.76. The summed E-state index contributed by atoms with van der Waals surface area (Å²) >= 11 is 0. The molecule has 0 amide bonds. The third-order valence-corrected chi connectivity index (χ3v) is 2.41. The van der Waals surface area contributed by atoms with Crippen molar-refractivity contribution in [2.75, 3.05) is 0 Å². The molecule has 80 valence electrons. The van der Waals surface area contributed by atoms with E-state index in [-0.39, 0.29) is 0 Å². The van der Waals surface area contributed by atoms with E-state index in [9.17, 15) is 5.21 Å². The summed E-state index contributed by atoms with van der Waals surface area (Å²) in [5, 5.41) is 11.7. The van der Waals surface area contributed by atoms with Gasteiger partial charge in [0, 0.05) is 25.1 Å². The Morgan fingerprint density at radius 1 is 0.938 bits per heavy atom. The van der Waals surface area contributed by atoms with Crippen molar-refractivity contribution in [2.45, 2.75) is 6.92 Å². The van der Waals surface area contributed by atoms with Crippen LogP contribution in [0.15, 0.2) is 48.5 Å². The molecule has 2 aromatic rings. The first-order valence-electron chi connectivity index (χ1n) is 5.20. The summed E-state index contributed by atoms with van der Waals surface area (Å²) in [7, 11) is 0. The highest BCUT2D eigenvalue weighted by molar-refractivity contribution is 5.66. The lowest BCUT2D eigenvalue weighted by Crippen LogP contribution is -2.33. The predicted octanol–water partition coefficient (Wildman–Crippen LogP) is 2.80. The lowest BCUT2D eigenvalue weighted by atomic mass is 10.2. The third-order valence-electron chi connectivity index (χ3n) is 2.41. The van der Waals surface area contributed by atoms with Crippen molar-refractivity contribution in [3.05, 3.63) is 70.7 Å². The molecule has 2 nitrogen and oxygen atoms in total. The van der Waals surface area contributed by atoms with Gasteiger partial charge in [0.1, 0.15) is 0 Å². The van der Waals surface area contributed by atoms with E-state index < -0.39 is 0 Å². The number of pyridine rings is 1. The van der Waals surface area contributed by atoms with Crippen molar-refractivity contribution in [1.29, 1.82) is 0 Å². The number of benzene rings is 1. The van der Waals surface area contributed by atoms with Gasteiger partial charge in [0.15, 0.2) is 5.69 Å². The highest BCUT2D eigenvalue weighted by Crippen LogP contribution is 2.05. The van der Waals surface area contributed by atoms with Crippen LogP contribution in [-0.2, 0) is 0 Å². The van der Waals surface area contributed by atoms with Crippen LogP contribution in [-0.4, -0.2) is 0 Å².